The van der Waals surface area contributed by atoms with Crippen LogP contribution in [0.1, 0.15) is 30.9 Å². The summed E-state index contributed by atoms with van der Waals surface area (Å²) in [5.74, 6) is 0. The van der Waals surface area contributed by atoms with Gasteiger partial charge in [0.15, 0.2) is 0 Å². The second-order valence-electron chi connectivity index (χ2n) is 5.68. The number of hydrogen-bond donors (Lipinski definition) is 0. The normalized spacial score (nSPS) is 24.4. The average molecular weight is 295 g/mol. The SMILES string of the molecule is CC1CN(S(=O)(=O)c2ccc3c(c2)CCCC3)CCO1. The van der Waals surface area contributed by atoms with E-state index in [9.17, 15) is 8.42 Å². The number of fused-ring (bicyclic) bond motifs is 1. The molecule has 2 aliphatic rings. The third-order valence-corrected chi connectivity index (χ3v) is 6.02. The number of sulfonamides is 1. The van der Waals surface area contributed by atoms with Crippen molar-refractivity contribution in [3.05, 3.63) is 29.3 Å². The van der Waals surface area contributed by atoms with Crippen molar-refractivity contribution in [2.45, 2.75) is 43.6 Å². The van der Waals surface area contributed by atoms with Crippen LogP contribution < -0.4 is 0 Å². The molecule has 1 aliphatic carbocycles. The molecule has 0 spiro atoms. The largest absolute Gasteiger partial charge is 0.376 e. The molecule has 0 bridgehead atoms. The summed E-state index contributed by atoms with van der Waals surface area (Å²) in [7, 11) is -3.38. The summed E-state index contributed by atoms with van der Waals surface area (Å²) < 4.78 is 32.3. The van der Waals surface area contributed by atoms with Crippen molar-refractivity contribution in [3.63, 3.8) is 0 Å². The lowest BCUT2D eigenvalue weighted by Crippen LogP contribution is -2.44. The van der Waals surface area contributed by atoms with Gasteiger partial charge in [0.2, 0.25) is 10.0 Å². The molecule has 0 amide bonds. The van der Waals surface area contributed by atoms with E-state index >= 15 is 0 Å². The van der Waals surface area contributed by atoms with E-state index < -0.39 is 10.0 Å². The summed E-state index contributed by atoms with van der Waals surface area (Å²) in [5, 5.41) is 0. The van der Waals surface area contributed by atoms with Gasteiger partial charge >= 0.3 is 0 Å². The predicted octanol–water partition coefficient (Wildman–Crippen LogP) is 1.97. The van der Waals surface area contributed by atoms with Gasteiger partial charge < -0.3 is 4.74 Å². The van der Waals surface area contributed by atoms with Crippen molar-refractivity contribution >= 4 is 10.0 Å². The molecule has 1 atom stereocenters. The Morgan fingerprint density at radius 3 is 2.70 bits per heavy atom. The van der Waals surface area contributed by atoms with E-state index in [1.165, 1.54) is 17.5 Å². The molecule has 1 fully saturated rings. The van der Waals surface area contributed by atoms with E-state index in [0.717, 1.165) is 19.3 Å². The van der Waals surface area contributed by atoms with Gasteiger partial charge in [-0.3, -0.25) is 0 Å². The Bertz CT molecular complexity index is 597. The minimum atomic E-state index is -3.38. The van der Waals surface area contributed by atoms with E-state index in [4.69, 9.17) is 4.74 Å². The third kappa shape index (κ3) is 2.62. The Morgan fingerprint density at radius 1 is 1.20 bits per heavy atom. The molecule has 1 aliphatic heterocycles. The van der Waals surface area contributed by atoms with Gasteiger partial charge in [-0.2, -0.15) is 4.31 Å². The van der Waals surface area contributed by atoms with Crippen LogP contribution in [0.2, 0.25) is 0 Å². The zero-order valence-electron chi connectivity index (χ0n) is 11.8. The van der Waals surface area contributed by atoms with Crippen molar-refractivity contribution in [2.75, 3.05) is 19.7 Å². The zero-order valence-corrected chi connectivity index (χ0v) is 12.7. The van der Waals surface area contributed by atoms with Gasteiger partial charge in [-0.15, -0.1) is 0 Å². The van der Waals surface area contributed by atoms with Gasteiger partial charge in [-0.25, -0.2) is 8.42 Å². The van der Waals surface area contributed by atoms with E-state index in [-0.39, 0.29) is 6.10 Å². The van der Waals surface area contributed by atoms with E-state index in [1.807, 2.05) is 19.1 Å². The van der Waals surface area contributed by atoms with Crippen LogP contribution in [0.25, 0.3) is 0 Å². The fourth-order valence-electron chi connectivity index (χ4n) is 3.02. The Kier molecular flexibility index (Phi) is 3.84. The van der Waals surface area contributed by atoms with E-state index in [0.29, 0.717) is 24.6 Å². The predicted molar refractivity (Wildman–Crippen MR) is 77.3 cm³/mol. The van der Waals surface area contributed by atoms with Crippen molar-refractivity contribution < 1.29 is 13.2 Å². The third-order valence-electron chi connectivity index (χ3n) is 4.16. The fourth-order valence-corrected chi connectivity index (χ4v) is 4.57. The highest BCUT2D eigenvalue weighted by molar-refractivity contribution is 7.89. The Morgan fingerprint density at radius 2 is 1.95 bits per heavy atom. The lowest BCUT2D eigenvalue weighted by molar-refractivity contribution is 0.0102. The first-order valence-corrected chi connectivity index (χ1v) is 8.75. The number of rotatable bonds is 2. The van der Waals surface area contributed by atoms with Crippen molar-refractivity contribution in [1.29, 1.82) is 0 Å². The average Bonchev–Trinajstić information content (AvgIpc) is 2.46. The Labute approximate surface area is 120 Å². The number of nitrogens with zero attached hydrogens (tertiary/aromatic N) is 1. The van der Waals surface area contributed by atoms with Gasteiger partial charge in [-0.05, 0) is 55.9 Å². The highest BCUT2D eigenvalue weighted by Gasteiger charge is 2.29. The molecule has 1 unspecified atom stereocenters. The molecule has 110 valence electrons. The fraction of sp³-hybridized carbons (Fsp3) is 0.600. The first kappa shape index (κ1) is 14.0. The number of ether oxygens (including phenoxy) is 1. The zero-order chi connectivity index (χ0) is 14.2. The molecule has 1 aromatic carbocycles. The van der Waals surface area contributed by atoms with Crippen LogP contribution in [-0.4, -0.2) is 38.5 Å². The molecule has 4 nitrogen and oxygen atoms in total. The number of morpholine rings is 1. The van der Waals surface area contributed by atoms with Crippen LogP contribution in [0, 0.1) is 0 Å². The highest BCUT2D eigenvalue weighted by atomic mass is 32.2. The van der Waals surface area contributed by atoms with E-state index in [1.54, 1.807) is 10.4 Å². The minimum absolute atomic E-state index is 0.0313. The number of aryl methyl sites for hydroxylation is 2. The van der Waals surface area contributed by atoms with Gasteiger partial charge in [0.05, 0.1) is 17.6 Å². The molecule has 1 heterocycles. The quantitative estimate of drug-likeness (QED) is 0.838. The molecule has 1 saturated heterocycles. The van der Waals surface area contributed by atoms with Crippen LogP contribution in [0.3, 0.4) is 0 Å². The second kappa shape index (κ2) is 5.47. The lowest BCUT2D eigenvalue weighted by atomic mass is 9.92. The molecule has 0 saturated carbocycles. The molecule has 1 aromatic rings. The molecule has 0 N–H and O–H groups in total. The van der Waals surface area contributed by atoms with Crippen LogP contribution >= 0.6 is 0 Å². The second-order valence-corrected chi connectivity index (χ2v) is 7.62. The van der Waals surface area contributed by atoms with Gasteiger partial charge in [0.1, 0.15) is 0 Å². The Hall–Kier alpha value is -0.910. The lowest BCUT2D eigenvalue weighted by Gasteiger charge is -2.30. The Balaban J connectivity index is 1.90. The van der Waals surface area contributed by atoms with Crippen LogP contribution in [0.15, 0.2) is 23.1 Å². The van der Waals surface area contributed by atoms with Gasteiger partial charge in [0, 0.05) is 13.1 Å². The summed E-state index contributed by atoms with van der Waals surface area (Å²) >= 11 is 0. The first-order valence-electron chi connectivity index (χ1n) is 7.31. The maximum absolute atomic E-state index is 12.7. The molecular weight excluding hydrogens is 274 g/mol. The molecule has 0 aromatic heterocycles. The maximum Gasteiger partial charge on any atom is 0.243 e. The molecule has 20 heavy (non-hydrogen) atoms. The number of hydrogen-bond acceptors (Lipinski definition) is 3. The molecule has 5 heteroatoms. The smallest absolute Gasteiger partial charge is 0.243 e. The maximum atomic E-state index is 12.7. The van der Waals surface area contributed by atoms with E-state index in [2.05, 4.69) is 0 Å². The summed E-state index contributed by atoms with van der Waals surface area (Å²) in [6.45, 7) is 3.28. The van der Waals surface area contributed by atoms with Crippen molar-refractivity contribution in [1.82, 2.24) is 4.31 Å². The first-order chi connectivity index (χ1) is 9.57. The summed E-state index contributed by atoms with van der Waals surface area (Å²) in [5.41, 5.74) is 2.52. The highest BCUT2D eigenvalue weighted by Crippen LogP contribution is 2.26. The van der Waals surface area contributed by atoms with Gasteiger partial charge in [-0.1, -0.05) is 6.07 Å². The van der Waals surface area contributed by atoms with Crippen molar-refractivity contribution in [3.8, 4) is 0 Å². The minimum Gasteiger partial charge on any atom is -0.376 e. The monoisotopic (exact) mass is 295 g/mol. The molecule has 3 rings (SSSR count). The summed E-state index contributed by atoms with van der Waals surface area (Å²) in [6, 6.07) is 5.63. The summed E-state index contributed by atoms with van der Waals surface area (Å²) in [6.07, 6.45) is 4.41. The van der Waals surface area contributed by atoms with Crippen LogP contribution in [0.4, 0.5) is 0 Å². The molecular formula is C15H21NO3S. The van der Waals surface area contributed by atoms with Crippen molar-refractivity contribution in [2.24, 2.45) is 0 Å². The van der Waals surface area contributed by atoms with Crippen LogP contribution in [0.5, 0.6) is 0 Å². The van der Waals surface area contributed by atoms with Crippen LogP contribution in [-0.2, 0) is 27.6 Å². The van der Waals surface area contributed by atoms with Gasteiger partial charge in [0.25, 0.3) is 0 Å². The number of benzene rings is 1. The molecule has 0 radical (unpaired) electrons. The topological polar surface area (TPSA) is 46.6 Å². The standard InChI is InChI=1S/C15H21NO3S/c1-12-11-16(8-9-19-12)20(17,18)15-7-6-13-4-2-3-5-14(13)10-15/h6-7,10,12H,2-5,8-9,11H2,1H3. The summed E-state index contributed by atoms with van der Waals surface area (Å²) in [4.78, 5) is 0.437.